The maximum Gasteiger partial charge on any atom is 0.254 e. The van der Waals surface area contributed by atoms with Crippen LogP contribution in [0.15, 0.2) is 34.9 Å². The molecule has 9 nitrogen and oxygen atoms in total. The third kappa shape index (κ3) is 3.70. The van der Waals surface area contributed by atoms with Gasteiger partial charge in [-0.15, -0.1) is 0 Å². The van der Waals surface area contributed by atoms with Crippen molar-refractivity contribution in [2.45, 2.75) is 44.3 Å². The number of aliphatic hydroxyl groups is 1. The second-order valence-corrected chi connectivity index (χ2v) is 9.94. The molecule has 1 saturated heterocycles. The molecule has 4 aromatic rings. The van der Waals surface area contributed by atoms with Crippen LogP contribution in [0.25, 0.3) is 33.7 Å². The van der Waals surface area contributed by atoms with E-state index in [-0.39, 0.29) is 24.6 Å². The number of aryl methyl sites for hydroxylation is 1. The van der Waals surface area contributed by atoms with E-state index in [1.165, 1.54) is 12.8 Å². The summed E-state index contributed by atoms with van der Waals surface area (Å²) in [5.74, 6) is 1.88. The van der Waals surface area contributed by atoms with E-state index >= 15 is 0 Å². The zero-order valence-electron chi connectivity index (χ0n) is 20.1. The van der Waals surface area contributed by atoms with Crippen molar-refractivity contribution in [1.82, 2.24) is 19.0 Å². The predicted molar refractivity (Wildman–Crippen MR) is 132 cm³/mol. The van der Waals surface area contributed by atoms with E-state index in [9.17, 15) is 9.90 Å². The molecule has 1 aliphatic carbocycles. The fraction of sp³-hybridized carbons (Fsp3) is 0.462. The molecule has 1 amide bonds. The first-order chi connectivity index (χ1) is 17.0. The Balaban J connectivity index is 1.45. The van der Waals surface area contributed by atoms with Crippen LogP contribution in [-0.4, -0.2) is 62.4 Å². The molecule has 3 N–H and O–H groups in total. The van der Waals surface area contributed by atoms with Crippen molar-refractivity contribution < 1.29 is 19.1 Å². The highest BCUT2D eigenvalue weighted by molar-refractivity contribution is 6.00. The zero-order valence-corrected chi connectivity index (χ0v) is 20.1. The number of aromatic nitrogens is 3. The number of benzene rings is 1. The molecule has 2 aliphatic rings. The van der Waals surface area contributed by atoms with E-state index < -0.39 is 0 Å². The van der Waals surface area contributed by atoms with E-state index in [0.717, 1.165) is 41.1 Å². The van der Waals surface area contributed by atoms with Gasteiger partial charge in [0.2, 0.25) is 5.71 Å². The summed E-state index contributed by atoms with van der Waals surface area (Å²) in [6.45, 7) is 1.24. The monoisotopic (exact) mass is 477 g/mol. The summed E-state index contributed by atoms with van der Waals surface area (Å²) >= 11 is 0. The number of likely N-dealkylation sites (tertiary alicyclic amines) is 1. The Kier molecular flexibility index (Phi) is 5.34. The zero-order chi connectivity index (χ0) is 24.3. The Labute approximate surface area is 203 Å². The summed E-state index contributed by atoms with van der Waals surface area (Å²) in [7, 11) is 3.57. The predicted octanol–water partition coefficient (Wildman–Crippen LogP) is 3.13. The van der Waals surface area contributed by atoms with Gasteiger partial charge < -0.3 is 34.0 Å². The number of hydrogen-bond donors (Lipinski definition) is 2. The first-order valence-corrected chi connectivity index (χ1v) is 12.3. The number of carbonyl (C=O) groups excluding carboxylic acids is 1. The van der Waals surface area contributed by atoms with Gasteiger partial charge in [-0.25, -0.2) is 4.98 Å². The van der Waals surface area contributed by atoms with Gasteiger partial charge in [-0.3, -0.25) is 4.79 Å². The summed E-state index contributed by atoms with van der Waals surface area (Å²) in [6.07, 6.45) is 5.67. The number of fused-ring (bicyclic) bond motifs is 2. The summed E-state index contributed by atoms with van der Waals surface area (Å²) < 4.78 is 15.8. The number of furan rings is 1. The van der Waals surface area contributed by atoms with Crippen LogP contribution in [0.3, 0.4) is 0 Å². The quantitative estimate of drug-likeness (QED) is 0.441. The van der Waals surface area contributed by atoms with Crippen molar-refractivity contribution in [1.29, 1.82) is 0 Å². The molecule has 0 bridgehead atoms. The summed E-state index contributed by atoms with van der Waals surface area (Å²) in [5, 5.41) is 10.9. The third-order valence-corrected chi connectivity index (χ3v) is 7.48. The van der Waals surface area contributed by atoms with Gasteiger partial charge in [0.1, 0.15) is 11.3 Å². The molecule has 4 heterocycles. The maximum atomic E-state index is 13.5. The lowest BCUT2D eigenvalue weighted by Gasteiger charge is -2.37. The highest BCUT2D eigenvalue weighted by Gasteiger charge is 2.32. The Bertz CT molecular complexity index is 1410. The average molecular weight is 478 g/mol. The molecule has 2 fully saturated rings. The molecule has 184 valence electrons. The first kappa shape index (κ1) is 22.2. The van der Waals surface area contributed by atoms with Crippen LogP contribution in [0, 0.1) is 5.92 Å². The second kappa shape index (κ2) is 8.42. The first-order valence-electron chi connectivity index (χ1n) is 12.3. The third-order valence-electron chi connectivity index (χ3n) is 7.48. The number of methoxy groups -OCH3 is 1. The normalized spacial score (nSPS) is 20.7. The lowest BCUT2D eigenvalue weighted by Crippen LogP contribution is -2.52. The molecule has 0 radical (unpaired) electrons. The van der Waals surface area contributed by atoms with E-state index in [1.807, 2.05) is 23.7 Å². The average Bonchev–Trinajstić information content (AvgIpc) is 3.31. The number of piperidine rings is 1. The van der Waals surface area contributed by atoms with Crippen LogP contribution in [0.1, 0.15) is 36.0 Å². The van der Waals surface area contributed by atoms with Crippen molar-refractivity contribution in [2.24, 2.45) is 18.7 Å². The van der Waals surface area contributed by atoms with Crippen molar-refractivity contribution >= 4 is 28.0 Å². The molecule has 3 aromatic heterocycles. The largest absolute Gasteiger partial charge is 0.494 e. The van der Waals surface area contributed by atoms with Gasteiger partial charge in [0.15, 0.2) is 5.82 Å². The number of imidazole rings is 1. The van der Waals surface area contributed by atoms with Crippen molar-refractivity contribution in [2.75, 3.05) is 20.3 Å². The smallest absolute Gasteiger partial charge is 0.254 e. The molecule has 9 heteroatoms. The van der Waals surface area contributed by atoms with Gasteiger partial charge in [0, 0.05) is 37.1 Å². The standard InChI is InChI=1S/C26H31N5O4/c1-29-23-20(28-24(29)21-10-16-7-8-35-26(16)31(21)12-15-3-4-15)9-17(11-22(23)34-2)25(33)30-13-18(27)5-6-19(30)14-32/h7-11,15,18-19,32H,3-6,12-14,27H2,1-2H3/t18-,19?/m1/s1. The molecular weight excluding hydrogens is 446 g/mol. The molecule has 1 unspecified atom stereocenters. The lowest BCUT2D eigenvalue weighted by atomic mass is 9.98. The molecule has 1 aromatic carbocycles. The number of ether oxygens (including phenoxy) is 1. The van der Waals surface area contributed by atoms with E-state index in [4.69, 9.17) is 19.9 Å². The van der Waals surface area contributed by atoms with Gasteiger partial charge in [0.05, 0.1) is 37.2 Å². The van der Waals surface area contributed by atoms with Crippen molar-refractivity contribution in [3.05, 3.63) is 36.1 Å². The number of rotatable bonds is 6. The SMILES string of the molecule is COc1cc(C(=O)N2C[C@H](N)CCC2CO)cc2nc(-c3cc4ccoc4n3CC3CC3)n(C)c12. The molecule has 35 heavy (non-hydrogen) atoms. The van der Waals surface area contributed by atoms with Gasteiger partial charge in [-0.05, 0) is 55.9 Å². The summed E-state index contributed by atoms with van der Waals surface area (Å²) in [5.41, 5.74) is 9.98. The molecule has 0 spiro atoms. The fourth-order valence-corrected chi connectivity index (χ4v) is 5.38. The lowest BCUT2D eigenvalue weighted by molar-refractivity contribution is 0.0472. The Morgan fingerprint density at radius 2 is 2.09 bits per heavy atom. The van der Waals surface area contributed by atoms with Gasteiger partial charge in [-0.2, -0.15) is 0 Å². The highest BCUT2D eigenvalue weighted by Crippen LogP contribution is 2.38. The van der Waals surface area contributed by atoms with Gasteiger partial charge >= 0.3 is 0 Å². The Morgan fingerprint density at radius 1 is 1.26 bits per heavy atom. The fourth-order valence-electron chi connectivity index (χ4n) is 5.38. The van der Waals surface area contributed by atoms with Crippen LogP contribution in [0.5, 0.6) is 5.75 Å². The van der Waals surface area contributed by atoms with Crippen molar-refractivity contribution in [3.63, 3.8) is 0 Å². The van der Waals surface area contributed by atoms with Gasteiger partial charge in [-0.1, -0.05) is 0 Å². The highest BCUT2D eigenvalue weighted by atomic mass is 16.5. The van der Waals surface area contributed by atoms with E-state index in [0.29, 0.717) is 35.7 Å². The van der Waals surface area contributed by atoms with E-state index in [2.05, 4.69) is 10.6 Å². The summed E-state index contributed by atoms with van der Waals surface area (Å²) in [4.78, 5) is 20.2. The molecule has 1 saturated carbocycles. The Hall–Kier alpha value is -3.30. The van der Waals surface area contributed by atoms with E-state index in [1.54, 1.807) is 24.3 Å². The molecular formula is C26H31N5O4. The molecule has 2 atom stereocenters. The van der Waals surface area contributed by atoms with Crippen molar-refractivity contribution in [3.8, 4) is 17.3 Å². The summed E-state index contributed by atoms with van der Waals surface area (Å²) in [6, 6.07) is 7.34. The number of amides is 1. The van der Waals surface area contributed by atoms with Crippen LogP contribution in [-0.2, 0) is 13.6 Å². The number of hydrogen-bond acceptors (Lipinski definition) is 6. The van der Waals surface area contributed by atoms with Crippen LogP contribution < -0.4 is 10.5 Å². The topological polar surface area (TPSA) is 112 Å². The number of aliphatic hydroxyl groups excluding tert-OH is 1. The number of carbonyl (C=O) groups is 1. The minimum Gasteiger partial charge on any atom is -0.494 e. The molecule has 6 rings (SSSR count). The second-order valence-electron chi connectivity index (χ2n) is 9.94. The van der Waals surface area contributed by atoms with Crippen LogP contribution in [0.2, 0.25) is 0 Å². The number of nitrogens with zero attached hydrogens (tertiary/aromatic N) is 4. The van der Waals surface area contributed by atoms with Crippen LogP contribution >= 0.6 is 0 Å². The number of nitrogens with two attached hydrogens (primary N) is 1. The molecule has 1 aliphatic heterocycles. The van der Waals surface area contributed by atoms with Crippen LogP contribution in [0.4, 0.5) is 0 Å². The van der Waals surface area contributed by atoms with Gasteiger partial charge in [0.25, 0.3) is 5.91 Å². The minimum absolute atomic E-state index is 0.0786. The maximum absolute atomic E-state index is 13.5. The Morgan fingerprint density at radius 3 is 2.83 bits per heavy atom. The minimum atomic E-state index is -0.232.